The molecule has 0 aliphatic heterocycles. The second-order valence-electron chi connectivity index (χ2n) is 6.05. The monoisotopic (exact) mass is 346 g/mol. The van der Waals surface area contributed by atoms with Gasteiger partial charge in [-0.3, -0.25) is 0 Å². The molecular formula is C22H22N2O2. The lowest BCUT2D eigenvalue weighted by Gasteiger charge is -2.13. The van der Waals surface area contributed by atoms with E-state index >= 15 is 0 Å². The highest BCUT2D eigenvalue weighted by molar-refractivity contribution is 5.90. The summed E-state index contributed by atoms with van der Waals surface area (Å²) in [7, 11) is 0. The normalized spacial score (nSPS) is 10.3. The van der Waals surface area contributed by atoms with Gasteiger partial charge >= 0.3 is 6.03 Å². The maximum absolute atomic E-state index is 12.3. The van der Waals surface area contributed by atoms with E-state index in [0.29, 0.717) is 6.54 Å². The van der Waals surface area contributed by atoms with E-state index in [4.69, 9.17) is 0 Å². The second kappa shape index (κ2) is 8.83. The Balaban J connectivity index is 1.64. The van der Waals surface area contributed by atoms with Crippen LogP contribution in [0.25, 0.3) is 0 Å². The van der Waals surface area contributed by atoms with Gasteiger partial charge in [-0.2, -0.15) is 0 Å². The van der Waals surface area contributed by atoms with Crippen molar-refractivity contribution in [2.24, 2.45) is 0 Å². The van der Waals surface area contributed by atoms with Gasteiger partial charge in [0.15, 0.2) is 0 Å². The highest BCUT2D eigenvalue weighted by Crippen LogP contribution is 2.19. The minimum Gasteiger partial charge on any atom is -0.392 e. The Bertz CT molecular complexity index is 863. The van der Waals surface area contributed by atoms with Crippen molar-refractivity contribution in [2.45, 2.75) is 19.6 Å². The topological polar surface area (TPSA) is 61.4 Å². The highest BCUT2D eigenvalue weighted by Gasteiger charge is 2.08. The van der Waals surface area contributed by atoms with E-state index in [0.717, 1.165) is 28.8 Å². The van der Waals surface area contributed by atoms with Crippen LogP contribution in [0.3, 0.4) is 0 Å². The molecule has 132 valence electrons. The number of hydrogen-bond acceptors (Lipinski definition) is 2. The first-order valence-electron chi connectivity index (χ1n) is 8.60. The van der Waals surface area contributed by atoms with E-state index < -0.39 is 0 Å². The molecule has 26 heavy (non-hydrogen) atoms. The summed E-state index contributed by atoms with van der Waals surface area (Å²) in [6, 6.07) is 25.2. The number of para-hydroxylation sites is 1. The fourth-order valence-corrected chi connectivity index (χ4v) is 2.84. The number of carbonyl (C=O) groups excluding carboxylic acids is 1. The van der Waals surface area contributed by atoms with Crippen LogP contribution >= 0.6 is 0 Å². The van der Waals surface area contributed by atoms with Crippen molar-refractivity contribution in [1.82, 2.24) is 5.32 Å². The molecule has 0 radical (unpaired) electrons. The molecule has 0 heterocycles. The third-order valence-corrected chi connectivity index (χ3v) is 4.23. The van der Waals surface area contributed by atoms with Crippen LogP contribution in [0.15, 0.2) is 78.9 Å². The fraction of sp³-hybridized carbons (Fsp3) is 0.136. The first kappa shape index (κ1) is 17.7. The summed E-state index contributed by atoms with van der Waals surface area (Å²) in [4.78, 5) is 12.3. The number of nitrogens with one attached hydrogen (secondary N) is 2. The van der Waals surface area contributed by atoms with Gasteiger partial charge in [0.25, 0.3) is 0 Å². The van der Waals surface area contributed by atoms with Crippen LogP contribution in [0.2, 0.25) is 0 Å². The maximum atomic E-state index is 12.3. The number of anilines is 1. The van der Waals surface area contributed by atoms with Crippen LogP contribution in [-0.2, 0) is 19.6 Å². The zero-order valence-electron chi connectivity index (χ0n) is 14.5. The molecule has 3 aromatic carbocycles. The molecule has 0 fully saturated rings. The number of urea groups is 1. The third kappa shape index (κ3) is 4.71. The van der Waals surface area contributed by atoms with Gasteiger partial charge in [-0.05, 0) is 34.7 Å². The minimum atomic E-state index is -0.266. The average molecular weight is 346 g/mol. The molecule has 3 rings (SSSR count). The van der Waals surface area contributed by atoms with Crippen molar-refractivity contribution in [3.05, 3.63) is 101 Å². The van der Waals surface area contributed by atoms with Crippen molar-refractivity contribution in [2.75, 3.05) is 5.32 Å². The molecule has 4 heteroatoms. The Morgan fingerprint density at radius 1 is 0.769 bits per heavy atom. The van der Waals surface area contributed by atoms with Crippen molar-refractivity contribution >= 4 is 11.7 Å². The predicted molar refractivity (Wildman–Crippen MR) is 104 cm³/mol. The predicted octanol–water partition coefficient (Wildman–Crippen LogP) is 4.09. The smallest absolute Gasteiger partial charge is 0.319 e. The molecule has 3 aromatic rings. The van der Waals surface area contributed by atoms with Gasteiger partial charge in [0.05, 0.1) is 6.61 Å². The van der Waals surface area contributed by atoms with Gasteiger partial charge in [-0.15, -0.1) is 0 Å². The lowest BCUT2D eigenvalue weighted by molar-refractivity contribution is 0.251. The summed E-state index contributed by atoms with van der Waals surface area (Å²) in [5.41, 5.74) is 4.77. The summed E-state index contributed by atoms with van der Waals surface area (Å²) in [6.45, 7) is 0.322. The van der Waals surface area contributed by atoms with E-state index in [1.165, 1.54) is 5.56 Å². The number of aliphatic hydroxyl groups is 1. The summed E-state index contributed by atoms with van der Waals surface area (Å²) >= 11 is 0. The van der Waals surface area contributed by atoms with Gasteiger partial charge in [0.2, 0.25) is 0 Å². The van der Waals surface area contributed by atoms with Gasteiger partial charge in [0, 0.05) is 12.2 Å². The maximum Gasteiger partial charge on any atom is 0.319 e. The van der Waals surface area contributed by atoms with E-state index in [1.807, 2.05) is 66.7 Å². The second-order valence-corrected chi connectivity index (χ2v) is 6.05. The third-order valence-electron chi connectivity index (χ3n) is 4.23. The lowest BCUT2D eigenvalue weighted by Crippen LogP contribution is -2.29. The van der Waals surface area contributed by atoms with E-state index in [-0.39, 0.29) is 12.6 Å². The van der Waals surface area contributed by atoms with Crippen molar-refractivity contribution in [1.29, 1.82) is 0 Å². The van der Waals surface area contributed by atoms with Gasteiger partial charge in [-0.25, -0.2) is 4.79 Å². The molecule has 0 saturated heterocycles. The Morgan fingerprint density at radius 3 is 2.12 bits per heavy atom. The minimum absolute atomic E-state index is 0.0423. The van der Waals surface area contributed by atoms with Crippen LogP contribution in [0.5, 0.6) is 0 Å². The van der Waals surface area contributed by atoms with Gasteiger partial charge < -0.3 is 15.7 Å². The zero-order valence-corrected chi connectivity index (χ0v) is 14.5. The largest absolute Gasteiger partial charge is 0.392 e. The number of amides is 2. The van der Waals surface area contributed by atoms with E-state index in [2.05, 4.69) is 22.8 Å². The summed E-state index contributed by atoms with van der Waals surface area (Å²) in [5.74, 6) is 0. The van der Waals surface area contributed by atoms with Crippen molar-refractivity contribution in [3.8, 4) is 0 Å². The SMILES string of the molecule is O=C(NCc1ccccc1CO)Nc1ccccc1Cc1ccccc1. The molecule has 0 aliphatic rings. The molecule has 0 bridgehead atoms. The van der Waals surface area contributed by atoms with Crippen LogP contribution in [0.1, 0.15) is 22.3 Å². The Morgan fingerprint density at radius 2 is 1.38 bits per heavy atom. The quantitative estimate of drug-likeness (QED) is 0.629. The molecule has 0 unspecified atom stereocenters. The Kier molecular flexibility index (Phi) is 6.01. The molecule has 0 saturated carbocycles. The van der Waals surface area contributed by atoms with Gasteiger partial charge in [0.1, 0.15) is 0 Å². The van der Waals surface area contributed by atoms with Crippen molar-refractivity contribution < 1.29 is 9.90 Å². The molecule has 3 N–H and O–H groups in total. The summed E-state index contributed by atoms with van der Waals surface area (Å²) < 4.78 is 0. The zero-order chi connectivity index (χ0) is 18.2. The van der Waals surface area contributed by atoms with E-state index in [1.54, 1.807) is 0 Å². The lowest BCUT2D eigenvalue weighted by atomic mass is 10.0. The molecule has 0 spiro atoms. The van der Waals surface area contributed by atoms with Crippen LogP contribution in [0, 0.1) is 0 Å². The Labute approximate surface area is 153 Å². The summed E-state index contributed by atoms with van der Waals surface area (Å²) in [5, 5.41) is 15.1. The first-order chi connectivity index (χ1) is 12.8. The average Bonchev–Trinajstić information content (AvgIpc) is 2.69. The number of benzene rings is 3. The molecule has 0 aromatic heterocycles. The standard InChI is InChI=1S/C22H22N2O2/c25-16-20-12-5-4-11-19(20)15-23-22(26)24-21-13-7-6-10-18(21)14-17-8-2-1-3-9-17/h1-13,25H,14-16H2,(H2,23,24,26). The van der Waals surface area contributed by atoms with Crippen LogP contribution < -0.4 is 10.6 Å². The summed E-state index contributed by atoms with van der Waals surface area (Å²) in [6.07, 6.45) is 0.755. The molecule has 2 amide bonds. The fourth-order valence-electron chi connectivity index (χ4n) is 2.84. The number of rotatable bonds is 6. The van der Waals surface area contributed by atoms with Crippen LogP contribution in [-0.4, -0.2) is 11.1 Å². The number of hydrogen-bond donors (Lipinski definition) is 3. The molecule has 0 aliphatic carbocycles. The number of aliphatic hydroxyl groups excluding tert-OH is 1. The van der Waals surface area contributed by atoms with Crippen LogP contribution in [0.4, 0.5) is 10.5 Å². The molecule has 0 atom stereocenters. The highest BCUT2D eigenvalue weighted by atomic mass is 16.3. The number of carbonyl (C=O) groups is 1. The Hall–Kier alpha value is -3.11. The molecular weight excluding hydrogens is 324 g/mol. The van der Waals surface area contributed by atoms with Crippen molar-refractivity contribution in [3.63, 3.8) is 0 Å². The molecule has 4 nitrogen and oxygen atoms in total. The van der Waals surface area contributed by atoms with E-state index in [9.17, 15) is 9.90 Å². The van der Waals surface area contributed by atoms with Gasteiger partial charge in [-0.1, -0.05) is 72.8 Å². The first-order valence-corrected chi connectivity index (χ1v) is 8.60.